The van der Waals surface area contributed by atoms with Gasteiger partial charge in [0, 0.05) is 13.1 Å². The quantitative estimate of drug-likeness (QED) is 0.520. The Morgan fingerprint density at radius 1 is 1.22 bits per heavy atom. The van der Waals surface area contributed by atoms with Crippen molar-refractivity contribution < 1.29 is 31.9 Å². The Kier molecular flexibility index (Phi) is 5.27. The molecule has 2 aliphatic rings. The van der Waals surface area contributed by atoms with E-state index in [-0.39, 0.29) is 25.0 Å². The van der Waals surface area contributed by atoms with Crippen LogP contribution in [0.2, 0.25) is 0 Å². The molecule has 0 saturated carbocycles. The van der Waals surface area contributed by atoms with Crippen LogP contribution in [0.15, 0.2) is 29.1 Å². The maximum Gasteiger partial charge on any atom is 0.491 e. The molecule has 2 atom stereocenters. The number of nitrogens with zero attached hydrogens (tertiary/aromatic N) is 4. The first-order chi connectivity index (χ1) is 15.0. The fourth-order valence-electron chi connectivity index (χ4n) is 4.08. The van der Waals surface area contributed by atoms with Crippen LogP contribution in [0.1, 0.15) is 40.4 Å². The third kappa shape index (κ3) is 3.74. The Labute approximate surface area is 179 Å². The van der Waals surface area contributed by atoms with Crippen molar-refractivity contribution in [3.63, 3.8) is 0 Å². The van der Waals surface area contributed by atoms with E-state index in [0.717, 1.165) is 0 Å². The number of carbonyl (C=O) groups is 2. The van der Waals surface area contributed by atoms with Gasteiger partial charge in [-0.15, -0.1) is 0 Å². The van der Waals surface area contributed by atoms with Crippen LogP contribution in [0, 0.1) is 5.82 Å². The van der Waals surface area contributed by atoms with Crippen molar-refractivity contribution in [3.8, 4) is 5.75 Å². The third-order valence-electron chi connectivity index (χ3n) is 5.53. The molecule has 2 unspecified atom stereocenters. The second kappa shape index (κ2) is 7.69. The Bertz CT molecular complexity index is 1140. The molecule has 32 heavy (non-hydrogen) atoms. The lowest BCUT2D eigenvalue weighted by Crippen LogP contribution is -2.44. The standard InChI is InChI=1S/C20H18F4N4O4/c1-26(2)13-7-12-9-27(8-10-3-5-11(21)6-4-10)18(30)14-15(32-19(31)20(22,23)24)17(29)25-16(13)28(12)14/h3-6,12-13H,7-9H2,1-2H3. The van der Waals surface area contributed by atoms with E-state index in [1.807, 2.05) is 0 Å². The fraction of sp³-hybridized carbons (Fsp3) is 0.400. The number of alkyl halides is 3. The highest BCUT2D eigenvalue weighted by molar-refractivity contribution is 5.97. The molecular weight excluding hydrogens is 436 g/mol. The molecule has 12 heteroatoms. The van der Waals surface area contributed by atoms with Gasteiger partial charge in [0.25, 0.3) is 5.91 Å². The van der Waals surface area contributed by atoms with E-state index in [9.17, 15) is 31.9 Å². The summed E-state index contributed by atoms with van der Waals surface area (Å²) in [6.07, 6.45) is -4.92. The summed E-state index contributed by atoms with van der Waals surface area (Å²) in [5.74, 6) is -4.68. The zero-order chi connectivity index (χ0) is 23.4. The van der Waals surface area contributed by atoms with Crippen molar-refractivity contribution in [1.29, 1.82) is 0 Å². The summed E-state index contributed by atoms with van der Waals surface area (Å²) < 4.78 is 57.3. The fourth-order valence-corrected chi connectivity index (χ4v) is 4.08. The minimum absolute atomic E-state index is 0.0285. The van der Waals surface area contributed by atoms with Gasteiger partial charge in [-0.1, -0.05) is 12.1 Å². The summed E-state index contributed by atoms with van der Waals surface area (Å²) in [5.41, 5.74) is -1.09. The second-order valence-corrected chi connectivity index (χ2v) is 7.89. The highest BCUT2D eigenvalue weighted by Gasteiger charge is 2.47. The number of ether oxygens (including phenoxy) is 1. The Morgan fingerprint density at radius 3 is 2.47 bits per heavy atom. The highest BCUT2D eigenvalue weighted by atomic mass is 19.4. The number of rotatable bonds is 4. The van der Waals surface area contributed by atoms with Crippen molar-refractivity contribution in [2.45, 2.75) is 31.2 Å². The number of benzene rings is 1. The zero-order valence-corrected chi connectivity index (χ0v) is 17.0. The molecule has 0 aliphatic carbocycles. The third-order valence-corrected chi connectivity index (χ3v) is 5.53. The van der Waals surface area contributed by atoms with Crippen LogP contribution in [0.3, 0.4) is 0 Å². The number of aromatic nitrogens is 2. The number of hydrogen-bond donors (Lipinski definition) is 0. The van der Waals surface area contributed by atoms with E-state index < -0.39 is 46.9 Å². The Balaban J connectivity index is 1.81. The van der Waals surface area contributed by atoms with Crippen molar-refractivity contribution in [2.24, 2.45) is 0 Å². The van der Waals surface area contributed by atoms with Crippen LogP contribution < -0.4 is 10.3 Å². The van der Waals surface area contributed by atoms with Crippen LogP contribution in [-0.4, -0.2) is 58.0 Å². The summed E-state index contributed by atoms with van der Waals surface area (Å²) in [6.45, 7) is 0.221. The van der Waals surface area contributed by atoms with Gasteiger partial charge in [0.15, 0.2) is 5.69 Å². The van der Waals surface area contributed by atoms with Gasteiger partial charge in [0.2, 0.25) is 5.75 Å². The lowest BCUT2D eigenvalue weighted by atomic mass is 10.1. The van der Waals surface area contributed by atoms with E-state index in [4.69, 9.17) is 0 Å². The number of carbonyl (C=O) groups excluding carboxylic acids is 2. The molecule has 3 heterocycles. The summed E-state index contributed by atoms with van der Waals surface area (Å²) in [4.78, 5) is 44.2. The van der Waals surface area contributed by atoms with E-state index in [1.54, 1.807) is 19.0 Å². The van der Waals surface area contributed by atoms with Crippen LogP contribution >= 0.6 is 0 Å². The highest BCUT2D eigenvalue weighted by Crippen LogP contribution is 2.42. The summed E-state index contributed by atoms with van der Waals surface area (Å²) in [5, 5.41) is 0. The molecular formula is C20H18F4N4O4. The van der Waals surface area contributed by atoms with Crippen molar-refractivity contribution in [2.75, 3.05) is 20.6 Å². The van der Waals surface area contributed by atoms with Gasteiger partial charge in [-0.3, -0.25) is 14.5 Å². The molecule has 0 fully saturated rings. The molecule has 0 bridgehead atoms. The second-order valence-electron chi connectivity index (χ2n) is 7.89. The first-order valence-corrected chi connectivity index (χ1v) is 9.63. The van der Waals surface area contributed by atoms with Crippen molar-refractivity contribution >= 4 is 11.9 Å². The lowest BCUT2D eigenvalue weighted by molar-refractivity contribution is -0.189. The van der Waals surface area contributed by atoms with Gasteiger partial charge in [0.05, 0.1) is 12.1 Å². The monoisotopic (exact) mass is 454 g/mol. The first-order valence-electron chi connectivity index (χ1n) is 9.63. The van der Waals surface area contributed by atoms with E-state index >= 15 is 0 Å². The number of amides is 1. The van der Waals surface area contributed by atoms with E-state index in [0.29, 0.717) is 12.0 Å². The molecule has 1 amide bonds. The molecule has 8 nitrogen and oxygen atoms in total. The van der Waals surface area contributed by atoms with Gasteiger partial charge in [0.1, 0.15) is 11.6 Å². The Morgan fingerprint density at radius 2 is 1.88 bits per heavy atom. The minimum atomic E-state index is -5.36. The van der Waals surface area contributed by atoms with Gasteiger partial charge < -0.3 is 14.2 Å². The normalized spacial score (nSPS) is 20.0. The average molecular weight is 454 g/mol. The van der Waals surface area contributed by atoms with Crippen LogP contribution in [0.5, 0.6) is 5.75 Å². The molecule has 1 aromatic carbocycles. The zero-order valence-electron chi connectivity index (χ0n) is 17.0. The lowest BCUT2D eigenvalue weighted by Gasteiger charge is -2.34. The maximum absolute atomic E-state index is 13.3. The van der Waals surface area contributed by atoms with Crippen LogP contribution in [0.4, 0.5) is 17.6 Å². The molecule has 0 spiro atoms. The predicted octanol–water partition coefficient (Wildman–Crippen LogP) is 2.05. The van der Waals surface area contributed by atoms with Crippen LogP contribution in [0.25, 0.3) is 0 Å². The molecule has 1 aromatic heterocycles. The number of hydrogen-bond acceptors (Lipinski definition) is 6. The van der Waals surface area contributed by atoms with E-state index in [2.05, 4.69) is 9.72 Å². The summed E-state index contributed by atoms with van der Waals surface area (Å²) in [7, 11) is 3.49. The van der Waals surface area contributed by atoms with Gasteiger partial charge in [-0.2, -0.15) is 18.2 Å². The molecule has 2 aliphatic heterocycles. The molecule has 0 N–H and O–H groups in total. The molecule has 170 valence electrons. The summed E-state index contributed by atoms with van der Waals surface area (Å²) in [6, 6.07) is 4.63. The van der Waals surface area contributed by atoms with Crippen molar-refractivity contribution in [3.05, 3.63) is 57.5 Å². The van der Waals surface area contributed by atoms with Gasteiger partial charge in [-0.05, 0) is 38.2 Å². The SMILES string of the molecule is CN(C)C1CC2CN(Cc3ccc(F)cc3)C(=O)c3c(OC(=O)C(F)(F)F)c(=O)nc1n32. The number of halogens is 4. The van der Waals surface area contributed by atoms with E-state index in [1.165, 1.54) is 33.7 Å². The van der Waals surface area contributed by atoms with Gasteiger partial charge >= 0.3 is 17.7 Å². The summed E-state index contributed by atoms with van der Waals surface area (Å²) >= 11 is 0. The first kappa shape index (κ1) is 21.9. The molecule has 0 saturated heterocycles. The molecule has 0 radical (unpaired) electrons. The maximum atomic E-state index is 13.3. The Hall–Kier alpha value is -3.28. The molecule has 4 rings (SSSR count). The van der Waals surface area contributed by atoms with Crippen molar-refractivity contribution in [1.82, 2.24) is 19.4 Å². The smallest absolute Gasteiger partial charge is 0.411 e. The largest absolute Gasteiger partial charge is 0.491 e. The van der Waals surface area contributed by atoms with Crippen LogP contribution in [-0.2, 0) is 11.3 Å². The molecule has 2 aromatic rings. The minimum Gasteiger partial charge on any atom is -0.411 e. The average Bonchev–Trinajstić information content (AvgIpc) is 3.06. The van der Waals surface area contributed by atoms with Gasteiger partial charge in [-0.25, -0.2) is 9.18 Å². The topological polar surface area (TPSA) is 84.7 Å². The number of esters is 1. The predicted molar refractivity (Wildman–Crippen MR) is 101 cm³/mol.